The van der Waals surface area contributed by atoms with Crippen LogP contribution in [-0.2, 0) is 49.4 Å². The molecule has 4 atom stereocenters. The van der Waals surface area contributed by atoms with Crippen molar-refractivity contribution in [2.24, 2.45) is 0 Å². The maximum atomic E-state index is 15.6. The van der Waals surface area contributed by atoms with Crippen molar-refractivity contribution in [1.29, 1.82) is 0 Å². The number of nitrogens with zero attached hydrogens (tertiary/aromatic N) is 4. The lowest BCUT2D eigenvalue weighted by molar-refractivity contribution is -0.589. The summed E-state index contributed by atoms with van der Waals surface area (Å²) < 4.78 is 410. The predicted octanol–water partition coefficient (Wildman–Crippen LogP) is 25.2. The molecule has 0 bridgehead atoms. The Kier molecular flexibility index (Phi) is 21.2. The van der Waals surface area contributed by atoms with Gasteiger partial charge in [-0.3, -0.25) is 0 Å². The van der Waals surface area contributed by atoms with Gasteiger partial charge in [-0.1, -0.05) is 150 Å². The molecule has 0 radical (unpaired) electrons. The molecule has 6 aromatic heterocycles. The van der Waals surface area contributed by atoms with Crippen molar-refractivity contribution in [1.82, 2.24) is 0 Å². The van der Waals surface area contributed by atoms with Crippen LogP contribution in [0, 0.1) is 0 Å². The van der Waals surface area contributed by atoms with E-state index >= 15 is 105 Å². The maximum Gasteiger partial charge on any atom is 0.416 e. The average Bonchev–Trinajstić information content (AvgIpc) is 1.39. The van der Waals surface area contributed by atoms with E-state index in [1.807, 2.05) is 27.7 Å². The molecule has 0 aliphatic carbocycles. The molecule has 4 unspecified atom stereocenters. The fraction of sp³-hybridized carbons (Fsp3) is 0.264. The lowest BCUT2D eigenvalue weighted by atomic mass is 9.79. The van der Waals surface area contributed by atoms with Crippen LogP contribution < -0.4 is 57.9 Å². The first-order valence-corrected chi connectivity index (χ1v) is 44.7. The van der Waals surface area contributed by atoms with Crippen LogP contribution in [0.15, 0.2) is 206 Å². The third-order valence-corrected chi connectivity index (χ3v) is 27.3. The van der Waals surface area contributed by atoms with Crippen molar-refractivity contribution in [2.75, 3.05) is 26.4 Å². The van der Waals surface area contributed by atoms with Gasteiger partial charge in [-0.25, -0.2) is 0 Å². The van der Waals surface area contributed by atoms with E-state index in [2.05, 4.69) is 0 Å². The fourth-order valence-corrected chi connectivity index (χ4v) is 21.4. The molecule has 17 aromatic rings. The van der Waals surface area contributed by atoms with Crippen LogP contribution in [0.5, 0.6) is 23.0 Å². The first kappa shape index (κ1) is 91.0. The monoisotopic (exact) mass is 1920 g/mol. The van der Waals surface area contributed by atoms with E-state index < -0.39 is 118 Å². The number of aromatic nitrogens is 4. The van der Waals surface area contributed by atoms with Gasteiger partial charge < -0.3 is 18.9 Å². The summed E-state index contributed by atoms with van der Waals surface area (Å²) in [4.78, 5) is 0. The van der Waals surface area contributed by atoms with E-state index in [1.54, 1.807) is 17.6 Å². The van der Waals surface area contributed by atoms with Crippen LogP contribution in [0.25, 0.3) is 87.4 Å². The van der Waals surface area contributed by atoms with E-state index in [0.717, 1.165) is 194 Å². The molecule has 706 valence electrons. The number of hydrogen-bond acceptors (Lipinski definition) is 4. The summed E-state index contributed by atoms with van der Waals surface area (Å²) in [5.41, 5.74) is -9.85. The van der Waals surface area contributed by atoms with Gasteiger partial charge in [0.25, 0.3) is 44.8 Å². The highest BCUT2D eigenvalue weighted by atomic mass is 19.4. The number of fused-ring (bicyclic) bond motifs is 6. The van der Waals surface area contributed by atoms with Crippen LogP contribution in [0.1, 0.15) is 215 Å². The van der Waals surface area contributed by atoms with E-state index in [0.29, 0.717) is 25.7 Å². The summed E-state index contributed by atoms with van der Waals surface area (Å²) in [5.74, 6) is -7.00. The van der Waals surface area contributed by atoms with Crippen LogP contribution in [0.3, 0.4) is 0 Å². The molecule has 0 amide bonds. The minimum Gasteiger partial charge on any atom is -0.493 e. The highest BCUT2D eigenvalue weighted by Gasteiger charge is 2.62. The number of ether oxygens (including phenoxy) is 4. The van der Waals surface area contributed by atoms with Gasteiger partial charge in [0.05, 0.1) is 115 Å². The number of hydrogen-bond donors (Lipinski definition) is 0. The third kappa shape index (κ3) is 14.1. The molecule has 10 heterocycles. The Bertz CT molecular complexity index is 7110. The van der Waals surface area contributed by atoms with Crippen molar-refractivity contribution in [3.63, 3.8) is 0 Å². The highest BCUT2D eigenvalue weighted by molar-refractivity contribution is 6.36. The number of pyridine rings is 4. The van der Waals surface area contributed by atoms with E-state index in [1.165, 1.54) is 12.1 Å². The van der Waals surface area contributed by atoms with Crippen LogP contribution in [-0.4, -0.2) is 26.4 Å². The topological polar surface area (TPSA) is 53.3 Å². The molecule has 21 rings (SSSR count). The summed E-state index contributed by atoms with van der Waals surface area (Å²) in [5, 5.41) is 0.354. The second kappa shape index (κ2) is 32.1. The lowest BCUT2D eigenvalue weighted by Crippen LogP contribution is -2.56. The summed E-state index contributed by atoms with van der Waals surface area (Å²) in [6, 6.07) is 33.7. The normalized spacial score (nSPS) is 16.6. The first-order chi connectivity index (χ1) is 65.5. The molecule has 0 fully saturated rings. The maximum absolute atomic E-state index is 15.6. The highest BCUT2D eigenvalue weighted by Crippen LogP contribution is 2.58. The zero-order chi connectivity index (χ0) is 97.4. The van der Waals surface area contributed by atoms with Gasteiger partial charge in [-0.15, -0.1) is 17.6 Å². The molecule has 8 nitrogen and oxygen atoms in total. The summed E-state index contributed by atoms with van der Waals surface area (Å²) in [6.07, 6.45) is -37.7. The zero-order valence-electron chi connectivity index (χ0n) is 72.9. The van der Waals surface area contributed by atoms with Gasteiger partial charge in [-0.2, -0.15) is 105 Å². The molecule has 4 aliphatic rings. The summed E-state index contributed by atoms with van der Waals surface area (Å²) in [7, 11) is 0. The predicted molar refractivity (Wildman–Crippen MR) is 463 cm³/mol. The van der Waals surface area contributed by atoms with Gasteiger partial charge in [0.15, 0.2) is 0 Å². The fourth-order valence-electron chi connectivity index (χ4n) is 21.4. The Morgan fingerprint density at radius 3 is 0.522 bits per heavy atom. The molecule has 32 heteroatoms. The number of alkyl halides is 24. The smallest absolute Gasteiger partial charge is 0.416 e. The number of unbranched alkanes of at least 4 members (excludes halogenated alkanes) is 4. The Morgan fingerprint density at radius 1 is 0.210 bits per heavy atom. The molecule has 0 N–H and O–H groups in total. The van der Waals surface area contributed by atoms with E-state index in [9.17, 15) is 0 Å². The number of benzene rings is 11. The molecular weight excluding hydrogens is 1850 g/mol. The van der Waals surface area contributed by atoms with Crippen LogP contribution in [0.4, 0.5) is 105 Å². The average molecular weight is 1920 g/mol. The SMILES string of the molecule is CCCCOc1cc(OCCCC)c2c3[n+]4c(c5[n+]6c(c7c(OCCCC)cc(OCCCC)c8c9[n+]%10c(c%11[n+]%12c(c1c2c1c%12c%10c(c87)c6c14)=C(c1ccc(C(F)(F)F)cc1)C%11c1ccc(C(F)(F)F)cc1)C(c1ccc(C(F)(F)F)cc1)C=9c1ccc(C(F)(F)F)cc1)=C(c1ccc(C(F)(F)F)cc1)C5c1ccc(C(F)(F)F)cc1)C(c1ccc(C(F)(F)F)cc1)C=3c1ccc(C(F)(F)F)cc1. The third-order valence-electron chi connectivity index (χ3n) is 27.3. The Morgan fingerprint density at radius 2 is 0.370 bits per heavy atom. The van der Waals surface area contributed by atoms with Gasteiger partial charge in [0.1, 0.15) is 57.4 Å². The first-order valence-electron chi connectivity index (χ1n) is 44.7. The molecule has 0 saturated heterocycles. The van der Waals surface area contributed by atoms with Crippen molar-refractivity contribution in [3.05, 3.63) is 339 Å². The van der Waals surface area contributed by atoms with E-state index in [-0.39, 0.29) is 251 Å². The van der Waals surface area contributed by atoms with Crippen molar-refractivity contribution in [2.45, 2.75) is 152 Å². The Balaban J connectivity index is 1.16. The molecule has 11 aromatic carbocycles. The summed E-state index contributed by atoms with van der Waals surface area (Å²) >= 11 is 0. The van der Waals surface area contributed by atoms with Gasteiger partial charge in [0.2, 0.25) is 21.4 Å². The van der Waals surface area contributed by atoms with Crippen LogP contribution >= 0.6 is 0 Å². The van der Waals surface area contributed by atoms with Gasteiger partial charge in [-0.05, 0) is 167 Å². The lowest BCUT2D eigenvalue weighted by Gasteiger charge is -2.20. The van der Waals surface area contributed by atoms with Crippen molar-refractivity contribution >= 4 is 87.4 Å². The molecule has 0 spiro atoms. The minimum atomic E-state index is -5.07. The zero-order valence-corrected chi connectivity index (χ0v) is 72.9. The standard InChI is InChI=1S/C106H74F24N4O4/c1-5-9-45-135-67-49-68(136-46-10-6-2)80-83-79(67)87-71(51-13-29-59(30-14-51)99(107,108)109)75(55-21-37-63(38-22-55)103(119,120)121)91-92-77(57-25-41-65(42-26-57)105(125,126)127)73(53-17-33-61(34-18-53)101(113,114)115)89-81-69(137-47-11-7-3)50-70(138-48-12-8-4)82-84(81)86-97(133(89)92)95(131(87)91)85(83)96-98(86)134-90(82)74(54-19-35-62(36-20-54)102(116,117)118)78(58-27-43-66(44-28-58)106(128,129)130)94(134)93-76(56-23-39-64(40-24-56)104(122,123)124)72(88(80)132(93)96)52-15-31-60(32-16-52)100(110,111)112/h13-44,49-50,75-78H,5-12,45-48H2,1-4H3/q+4. The second-order valence-electron chi connectivity index (χ2n) is 35.4. The van der Waals surface area contributed by atoms with E-state index in [4.69, 9.17) is 18.9 Å². The molecule has 0 saturated carbocycles. The largest absolute Gasteiger partial charge is 0.493 e. The van der Waals surface area contributed by atoms with Crippen LogP contribution in [0.2, 0.25) is 0 Å². The quantitative estimate of drug-likeness (QED) is 0.0199. The molecule has 4 aliphatic heterocycles. The number of rotatable bonds is 24. The molecule has 138 heavy (non-hydrogen) atoms. The molecular formula is C106H74F24N4O4+4. The minimum absolute atomic E-state index is 0.000820. The Hall–Kier alpha value is -13.4. The number of halogens is 24. The van der Waals surface area contributed by atoms with Crippen molar-refractivity contribution in [3.8, 4) is 23.0 Å². The Labute approximate surface area is 766 Å². The van der Waals surface area contributed by atoms with Gasteiger partial charge in [0, 0.05) is 22.9 Å². The second-order valence-corrected chi connectivity index (χ2v) is 35.4. The van der Waals surface area contributed by atoms with Gasteiger partial charge >= 0.3 is 49.4 Å². The summed E-state index contributed by atoms with van der Waals surface area (Å²) in [6.45, 7) is 6.70. The van der Waals surface area contributed by atoms with Crippen molar-refractivity contribution < 1.29 is 142 Å².